The molecule has 12 heteroatoms. The molecule has 1 aromatic heterocycles. The minimum atomic E-state index is -4.48. The van der Waals surface area contributed by atoms with Gasteiger partial charge in [-0.25, -0.2) is 12.8 Å². The topological polar surface area (TPSA) is 80.8 Å². The maximum Gasteiger partial charge on any atom is 0.433 e. The highest BCUT2D eigenvalue weighted by molar-refractivity contribution is 7.92. The largest absolute Gasteiger partial charge is 0.493 e. The molecule has 5 rings (SSSR count). The van der Waals surface area contributed by atoms with Crippen LogP contribution < -0.4 is 9.46 Å². The number of rotatable bonds is 9. The first-order valence-corrected chi connectivity index (χ1v) is 14.9. The molecule has 41 heavy (non-hydrogen) atoms. The lowest BCUT2D eigenvalue weighted by Gasteiger charge is -2.29. The van der Waals surface area contributed by atoms with Crippen LogP contribution in [0.5, 0.6) is 5.75 Å². The number of ether oxygens (including phenoxy) is 2. The Kier molecular flexibility index (Phi) is 8.81. The third kappa shape index (κ3) is 7.55. The number of nitrogens with zero attached hydrogens (tertiary/aromatic N) is 2. The van der Waals surface area contributed by atoms with Gasteiger partial charge in [-0.3, -0.25) is 14.6 Å². The molecule has 0 unspecified atom stereocenters. The Labute approximate surface area is 236 Å². The second-order valence-corrected chi connectivity index (χ2v) is 12.1. The fraction of sp³-hybridized carbons (Fsp3) is 0.414. The van der Waals surface area contributed by atoms with Gasteiger partial charge in [0, 0.05) is 45.1 Å². The Hall–Kier alpha value is -3.22. The molecule has 0 aliphatic carbocycles. The number of sulfonamides is 1. The molecule has 1 N–H and O–H groups in total. The molecular weight excluding hydrogens is 562 g/mol. The summed E-state index contributed by atoms with van der Waals surface area (Å²) in [7, 11) is -4.05. The van der Waals surface area contributed by atoms with Crippen molar-refractivity contribution in [1.29, 1.82) is 0 Å². The van der Waals surface area contributed by atoms with Gasteiger partial charge in [-0.15, -0.1) is 0 Å². The second kappa shape index (κ2) is 12.3. The van der Waals surface area contributed by atoms with E-state index in [0.29, 0.717) is 49.9 Å². The van der Waals surface area contributed by atoms with Crippen molar-refractivity contribution in [2.75, 3.05) is 31.1 Å². The molecule has 2 aliphatic rings. The van der Waals surface area contributed by atoms with Crippen molar-refractivity contribution in [3.8, 4) is 5.75 Å². The summed E-state index contributed by atoms with van der Waals surface area (Å²) in [6.45, 7) is 3.47. The van der Waals surface area contributed by atoms with Gasteiger partial charge in [0.2, 0.25) is 0 Å². The van der Waals surface area contributed by atoms with Crippen LogP contribution >= 0.6 is 0 Å². The summed E-state index contributed by atoms with van der Waals surface area (Å²) in [5.41, 5.74) is 1.32. The third-order valence-electron chi connectivity index (χ3n) is 7.42. The molecule has 2 aliphatic heterocycles. The first-order chi connectivity index (χ1) is 19.6. The van der Waals surface area contributed by atoms with Gasteiger partial charge < -0.3 is 9.47 Å². The number of aromatic nitrogens is 1. The monoisotopic (exact) mass is 593 g/mol. The Morgan fingerprint density at radius 3 is 2.56 bits per heavy atom. The van der Waals surface area contributed by atoms with Crippen LogP contribution in [0.3, 0.4) is 0 Å². The summed E-state index contributed by atoms with van der Waals surface area (Å²) in [5.74, 6) is 0.127. The molecule has 3 aromatic rings. The summed E-state index contributed by atoms with van der Waals surface area (Å²) in [4.78, 5) is 5.59. The molecule has 0 radical (unpaired) electrons. The molecule has 0 bridgehead atoms. The SMILES string of the molecule is O=S(=O)(Nc1ccc(OCCC2CCOCC2)cc1F)c1ccc2c(c1)CCN(Cc1ccc(C(F)(F)F)nc1)C2. The van der Waals surface area contributed by atoms with E-state index in [4.69, 9.17) is 9.47 Å². The second-order valence-electron chi connectivity index (χ2n) is 10.4. The fourth-order valence-electron chi connectivity index (χ4n) is 5.08. The average Bonchev–Trinajstić information content (AvgIpc) is 2.94. The third-order valence-corrected chi connectivity index (χ3v) is 8.78. The van der Waals surface area contributed by atoms with Crippen LogP contribution in [0.1, 0.15) is 41.6 Å². The van der Waals surface area contributed by atoms with Crippen LogP contribution in [0.25, 0.3) is 0 Å². The van der Waals surface area contributed by atoms with Crippen LogP contribution in [-0.4, -0.2) is 44.7 Å². The quantitative estimate of drug-likeness (QED) is 0.316. The first-order valence-electron chi connectivity index (χ1n) is 13.5. The molecule has 0 saturated carbocycles. The predicted octanol–water partition coefficient (Wildman–Crippen LogP) is 5.79. The van der Waals surface area contributed by atoms with Crippen molar-refractivity contribution in [2.24, 2.45) is 5.92 Å². The van der Waals surface area contributed by atoms with Crippen molar-refractivity contribution in [1.82, 2.24) is 9.88 Å². The normalized spacial score (nSPS) is 16.8. The van der Waals surface area contributed by atoms with Crippen LogP contribution in [0.2, 0.25) is 0 Å². The number of pyridine rings is 1. The summed E-state index contributed by atoms with van der Waals surface area (Å²) in [6, 6.07) is 11.2. The van der Waals surface area contributed by atoms with Gasteiger partial charge >= 0.3 is 6.18 Å². The van der Waals surface area contributed by atoms with Crippen molar-refractivity contribution < 1.29 is 35.5 Å². The van der Waals surface area contributed by atoms with Gasteiger partial charge in [-0.2, -0.15) is 13.2 Å². The van der Waals surface area contributed by atoms with Gasteiger partial charge in [0.1, 0.15) is 11.4 Å². The van der Waals surface area contributed by atoms with E-state index in [0.717, 1.165) is 49.7 Å². The lowest BCUT2D eigenvalue weighted by Crippen LogP contribution is -2.30. The van der Waals surface area contributed by atoms with Crippen molar-refractivity contribution >= 4 is 15.7 Å². The van der Waals surface area contributed by atoms with E-state index >= 15 is 0 Å². The van der Waals surface area contributed by atoms with Gasteiger partial charge in [-0.1, -0.05) is 12.1 Å². The smallest absolute Gasteiger partial charge is 0.433 e. The molecule has 220 valence electrons. The zero-order valence-corrected chi connectivity index (χ0v) is 23.1. The minimum absolute atomic E-state index is 0.0211. The van der Waals surface area contributed by atoms with Crippen molar-refractivity contribution in [3.63, 3.8) is 0 Å². The molecule has 0 atom stereocenters. The van der Waals surface area contributed by atoms with E-state index in [1.54, 1.807) is 18.2 Å². The number of alkyl halides is 3. The van der Waals surface area contributed by atoms with E-state index in [9.17, 15) is 26.0 Å². The summed E-state index contributed by atoms with van der Waals surface area (Å²) >= 11 is 0. The summed E-state index contributed by atoms with van der Waals surface area (Å²) < 4.78 is 92.5. The van der Waals surface area contributed by atoms with Gasteiger partial charge in [-0.05, 0) is 78.6 Å². The van der Waals surface area contributed by atoms with E-state index in [1.165, 1.54) is 30.5 Å². The molecule has 3 heterocycles. The van der Waals surface area contributed by atoms with Gasteiger partial charge in [0.15, 0.2) is 5.82 Å². The molecule has 0 amide bonds. The average molecular weight is 594 g/mol. The predicted molar refractivity (Wildman–Crippen MR) is 144 cm³/mol. The minimum Gasteiger partial charge on any atom is -0.493 e. The van der Waals surface area contributed by atoms with E-state index < -0.39 is 27.7 Å². The number of fused-ring (bicyclic) bond motifs is 1. The van der Waals surface area contributed by atoms with Crippen molar-refractivity contribution in [3.05, 3.63) is 82.9 Å². The van der Waals surface area contributed by atoms with Crippen LogP contribution in [0.4, 0.5) is 23.2 Å². The first kappa shape index (κ1) is 29.3. The highest BCUT2D eigenvalue weighted by Crippen LogP contribution is 2.29. The Bertz CT molecular complexity index is 1460. The number of anilines is 1. The Morgan fingerprint density at radius 2 is 1.85 bits per heavy atom. The van der Waals surface area contributed by atoms with Gasteiger partial charge in [0.25, 0.3) is 10.0 Å². The lowest BCUT2D eigenvalue weighted by atomic mass is 9.97. The standard InChI is InChI=1S/C29H31F4N3O4S/c30-26-16-24(40-14-10-20-8-12-39-13-9-20)3-5-27(26)35-41(37,38)25-4-2-23-19-36(11-7-22(23)15-25)18-21-1-6-28(34-17-21)29(31,32)33/h1-6,15-17,20,35H,7-14,18-19H2. The Morgan fingerprint density at radius 1 is 1.05 bits per heavy atom. The molecule has 1 fully saturated rings. The van der Waals surface area contributed by atoms with E-state index in [1.807, 2.05) is 0 Å². The van der Waals surface area contributed by atoms with Crippen LogP contribution in [0.15, 0.2) is 59.6 Å². The van der Waals surface area contributed by atoms with Crippen LogP contribution in [0, 0.1) is 11.7 Å². The Balaban J connectivity index is 1.18. The summed E-state index contributed by atoms with van der Waals surface area (Å²) in [6.07, 6.45) is 0.122. The lowest BCUT2D eigenvalue weighted by molar-refractivity contribution is -0.141. The number of nitrogens with one attached hydrogen (secondary N) is 1. The summed E-state index contributed by atoms with van der Waals surface area (Å²) in [5, 5.41) is 0. The molecule has 2 aromatic carbocycles. The van der Waals surface area contributed by atoms with E-state index in [-0.39, 0.29) is 10.6 Å². The maximum atomic E-state index is 14.8. The molecule has 7 nitrogen and oxygen atoms in total. The number of hydrogen-bond acceptors (Lipinski definition) is 6. The molecular formula is C29H31F4N3O4S. The molecule has 0 spiro atoms. The highest BCUT2D eigenvalue weighted by atomic mass is 32.2. The highest BCUT2D eigenvalue weighted by Gasteiger charge is 2.32. The van der Waals surface area contributed by atoms with Gasteiger partial charge in [0.05, 0.1) is 17.2 Å². The zero-order chi connectivity index (χ0) is 29.0. The van der Waals surface area contributed by atoms with Crippen LogP contribution in [-0.2, 0) is 40.4 Å². The molecule has 1 saturated heterocycles. The number of hydrogen-bond donors (Lipinski definition) is 1. The zero-order valence-electron chi connectivity index (χ0n) is 22.3. The number of halogens is 4. The maximum absolute atomic E-state index is 14.8. The number of benzene rings is 2. The van der Waals surface area contributed by atoms with E-state index in [2.05, 4.69) is 14.6 Å². The van der Waals surface area contributed by atoms with Crippen molar-refractivity contribution in [2.45, 2.75) is 49.8 Å². The fourth-order valence-corrected chi connectivity index (χ4v) is 6.20.